The lowest BCUT2D eigenvalue weighted by molar-refractivity contribution is -0.275. The van der Waals surface area contributed by atoms with Crippen LogP contribution >= 0.6 is 24.8 Å². The molecule has 33 heavy (non-hydrogen) atoms. The third-order valence-corrected chi connectivity index (χ3v) is 4.68. The molecule has 0 saturated carbocycles. The van der Waals surface area contributed by atoms with E-state index in [0.29, 0.717) is 43.1 Å². The third kappa shape index (κ3) is 8.33. The molecule has 0 aromatic heterocycles. The smallest absolute Gasteiger partial charge is 0.496 e. The number of nitrogens with zero attached hydrogens (tertiary/aromatic N) is 1. The van der Waals surface area contributed by atoms with Crippen LogP contribution in [0, 0.1) is 0 Å². The first kappa shape index (κ1) is 29.0. The number of alkyl halides is 6. The predicted molar refractivity (Wildman–Crippen MR) is 114 cm³/mol. The molecular weight excluding hydrogens is 501 g/mol. The van der Waals surface area contributed by atoms with Gasteiger partial charge in [-0.25, -0.2) is 0 Å². The molecule has 13 heteroatoms. The maximum atomic E-state index is 12.7. The zero-order valence-corrected chi connectivity index (χ0v) is 18.8. The van der Waals surface area contributed by atoms with Crippen LogP contribution in [0.5, 0.6) is 17.2 Å². The Labute approximate surface area is 198 Å². The quantitative estimate of drug-likeness (QED) is 0.519. The number of methoxy groups -OCH3 is 1. The minimum Gasteiger partial charge on any atom is -0.496 e. The van der Waals surface area contributed by atoms with E-state index in [4.69, 9.17) is 4.74 Å². The molecule has 1 aliphatic rings. The zero-order chi connectivity index (χ0) is 22.6. The van der Waals surface area contributed by atoms with E-state index in [1.165, 1.54) is 43.5 Å². The van der Waals surface area contributed by atoms with Gasteiger partial charge in [0.25, 0.3) is 0 Å². The van der Waals surface area contributed by atoms with Gasteiger partial charge in [-0.3, -0.25) is 4.90 Å². The fourth-order valence-corrected chi connectivity index (χ4v) is 3.50. The number of benzene rings is 2. The summed E-state index contributed by atoms with van der Waals surface area (Å²) in [7, 11) is 1.39. The molecule has 0 amide bonds. The minimum atomic E-state index is -4.87. The Kier molecular flexibility index (Phi) is 10.4. The number of halogens is 8. The summed E-state index contributed by atoms with van der Waals surface area (Å²) < 4.78 is 89.0. The van der Waals surface area contributed by atoms with Crippen molar-refractivity contribution in [2.75, 3.05) is 33.3 Å². The van der Waals surface area contributed by atoms with E-state index in [1.807, 2.05) is 4.90 Å². The molecular formula is C20H22Cl2F6N2O3. The van der Waals surface area contributed by atoms with Crippen molar-refractivity contribution < 1.29 is 40.6 Å². The number of piperazine rings is 1. The second kappa shape index (κ2) is 11.9. The van der Waals surface area contributed by atoms with E-state index < -0.39 is 30.3 Å². The Morgan fingerprint density at radius 1 is 0.818 bits per heavy atom. The van der Waals surface area contributed by atoms with E-state index in [-0.39, 0.29) is 24.8 Å². The Balaban J connectivity index is 0.00000272. The number of hydrogen-bond acceptors (Lipinski definition) is 5. The number of hydrogen-bond donors (Lipinski definition) is 1. The van der Waals surface area contributed by atoms with Gasteiger partial charge in [-0.1, -0.05) is 12.1 Å². The molecule has 0 radical (unpaired) electrons. The third-order valence-electron chi connectivity index (χ3n) is 4.68. The van der Waals surface area contributed by atoms with Crippen LogP contribution in [-0.4, -0.2) is 50.9 Å². The lowest BCUT2D eigenvalue weighted by Gasteiger charge is -2.36. The molecule has 0 spiro atoms. The van der Waals surface area contributed by atoms with Crippen molar-refractivity contribution in [2.45, 2.75) is 18.8 Å². The highest BCUT2D eigenvalue weighted by atomic mass is 35.5. The Morgan fingerprint density at radius 2 is 1.33 bits per heavy atom. The molecule has 3 rings (SSSR count). The van der Waals surface area contributed by atoms with Crippen LogP contribution in [-0.2, 0) is 0 Å². The summed E-state index contributed by atoms with van der Waals surface area (Å²) in [5.74, 6) is -0.481. The number of nitrogens with one attached hydrogen (secondary N) is 1. The van der Waals surface area contributed by atoms with Gasteiger partial charge >= 0.3 is 12.7 Å². The molecule has 5 nitrogen and oxygen atoms in total. The average molecular weight is 523 g/mol. The van der Waals surface area contributed by atoms with Crippen LogP contribution < -0.4 is 19.5 Å². The fourth-order valence-electron chi connectivity index (χ4n) is 3.50. The second-order valence-corrected chi connectivity index (χ2v) is 6.76. The molecule has 1 fully saturated rings. The summed E-state index contributed by atoms with van der Waals surface area (Å²) in [6.45, 7) is 2.43. The first-order valence-electron chi connectivity index (χ1n) is 9.30. The van der Waals surface area contributed by atoms with Gasteiger partial charge in [0.2, 0.25) is 0 Å². The van der Waals surface area contributed by atoms with Crippen LogP contribution in [0.4, 0.5) is 26.3 Å². The van der Waals surface area contributed by atoms with Crippen molar-refractivity contribution in [3.63, 3.8) is 0 Å². The van der Waals surface area contributed by atoms with Gasteiger partial charge in [0.05, 0.1) is 13.2 Å². The monoisotopic (exact) mass is 522 g/mol. The highest BCUT2D eigenvalue weighted by Crippen LogP contribution is 2.39. The Morgan fingerprint density at radius 3 is 1.85 bits per heavy atom. The van der Waals surface area contributed by atoms with Crippen molar-refractivity contribution in [1.82, 2.24) is 10.2 Å². The Hall–Kier alpha value is -2.08. The first-order chi connectivity index (χ1) is 14.6. The maximum Gasteiger partial charge on any atom is 0.573 e. The summed E-state index contributed by atoms with van der Waals surface area (Å²) in [6, 6.07) is 8.40. The highest BCUT2D eigenvalue weighted by Gasteiger charge is 2.33. The summed E-state index contributed by atoms with van der Waals surface area (Å²) in [5, 5.41) is 3.19. The van der Waals surface area contributed by atoms with Crippen LogP contribution in [0.1, 0.15) is 17.2 Å². The second-order valence-electron chi connectivity index (χ2n) is 6.76. The van der Waals surface area contributed by atoms with Crippen LogP contribution in [0.3, 0.4) is 0 Å². The molecule has 1 N–H and O–H groups in total. The molecule has 2 aromatic carbocycles. The fraction of sp³-hybridized carbons (Fsp3) is 0.400. The molecule has 1 saturated heterocycles. The summed E-state index contributed by atoms with van der Waals surface area (Å²) in [5.41, 5.74) is 0.967. The first-order valence-corrected chi connectivity index (χ1v) is 9.30. The van der Waals surface area contributed by atoms with E-state index >= 15 is 0 Å². The van der Waals surface area contributed by atoms with E-state index in [9.17, 15) is 26.3 Å². The highest BCUT2D eigenvalue weighted by molar-refractivity contribution is 5.85. The van der Waals surface area contributed by atoms with Gasteiger partial charge in [0, 0.05) is 31.7 Å². The van der Waals surface area contributed by atoms with E-state index in [2.05, 4.69) is 14.8 Å². The van der Waals surface area contributed by atoms with Crippen molar-refractivity contribution in [3.05, 3.63) is 53.6 Å². The van der Waals surface area contributed by atoms with Crippen molar-refractivity contribution >= 4 is 24.8 Å². The van der Waals surface area contributed by atoms with Gasteiger partial charge in [-0.15, -0.1) is 51.2 Å². The maximum absolute atomic E-state index is 12.7. The molecule has 0 aliphatic carbocycles. The number of ether oxygens (including phenoxy) is 3. The molecule has 1 atom stereocenters. The summed E-state index contributed by atoms with van der Waals surface area (Å²) in [4.78, 5) is 2.01. The number of rotatable bonds is 6. The van der Waals surface area contributed by atoms with Crippen LogP contribution in [0.15, 0.2) is 42.5 Å². The zero-order valence-electron chi connectivity index (χ0n) is 17.2. The molecule has 2 aromatic rings. The lowest BCUT2D eigenvalue weighted by atomic mass is 9.95. The van der Waals surface area contributed by atoms with Crippen LogP contribution in [0.25, 0.3) is 0 Å². The van der Waals surface area contributed by atoms with E-state index in [1.54, 1.807) is 0 Å². The van der Waals surface area contributed by atoms with Gasteiger partial charge in [0.15, 0.2) is 0 Å². The van der Waals surface area contributed by atoms with Gasteiger partial charge in [0.1, 0.15) is 17.2 Å². The average Bonchev–Trinajstić information content (AvgIpc) is 2.68. The van der Waals surface area contributed by atoms with Crippen LogP contribution in [0.2, 0.25) is 0 Å². The van der Waals surface area contributed by atoms with Gasteiger partial charge in [-0.05, 0) is 35.9 Å². The lowest BCUT2D eigenvalue weighted by Crippen LogP contribution is -2.45. The molecule has 0 bridgehead atoms. The molecule has 0 unspecified atom stereocenters. The van der Waals surface area contributed by atoms with Gasteiger partial charge < -0.3 is 19.5 Å². The Bertz CT molecular complexity index is 876. The molecule has 186 valence electrons. The topological polar surface area (TPSA) is 43.0 Å². The van der Waals surface area contributed by atoms with Crippen molar-refractivity contribution in [1.29, 1.82) is 0 Å². The SMILES string of the molecule is COc1ccc(OC(F)(F)F)cc1[C@@H](c1ccc(OC(F)(F)F)cc1)N1CCNCC1.Cl.Cl. The van der Waals surface area contributed by atoms with Gasteiger partial charge in [-0.2, -0.15) is 0 Å². The summed E-state index contributed by atoms with van der Waals surface area (Å²) >= 11 is 0. The predicted octanol–water partition coefficient (Wildman–Crippen LogP) is 5.33. The minimum absolute atomic E-state index is 0. The van der Waals surface area contributed by atoms with Crippen molar-refractivity contribution in [3.8, 4) is 17.2 Å². The standard InChI is InChI=1S/C20H20F6N2O3.2ClH/c1-29-17-7-6-15(31-20(24,25)26)12-16(17)18(28-10-8-27-9-11-28)13-2-4-14(5-3-13)30-19(21,22)23;;/h2-7,12,18,27H,8-11H2,1H3;2*1H/t18-;;/m1../s1. The van der Waals surface area contributed by atoms with Crippen molar-refractivity contribution in [2.24, 2.45) is 0 Å². The largest absolute Gasteiger partial charge is 0.573 e. The molecule has 1 aliphatic heterocycles. The van der Waals surface area contributed by atoms with E-state index in [0.717, 1.165) is 6.07 Å². The summed E-state index contributed by atoms with van der Waals surface area (Å²) in [6.07, 6.45) is -9.70. The molecule has 1 heterocycles. The normalized spacial score (nSPS) is 15.6.